The molecule has 0 amide bonds. The highest BCUT2D eigenvalue weighted by Gasteiger charge is 2.23. The van der Waals surface area contributed by atoms with Crippen LogP contribution in [0.3, 0.4) is 0 Å². The molecule has 1 N–H and O–H groups in total. The molecule has 114 valence electrons. The van der Waals surface area contributed by atoms with Crippen LogP contribution >= 0.6 is 0 Å². The van der Waals surface area contributed by atoms with Crippen molar-refractivity contribution < 1.29 is 4.92 Å². The maximum absolute atomic E-state index is 11.1. The molecule has 1 atom stereocenters. The molecule has 0 spiro atoms. The van der Waals surface area contributed by atoms with E-state index in [0.717, 1.165) is 16.9 Å². The van der Waals surface area contributed by atoms with Crippen LogP contribution < -0.4 is 5.32 Å². The Bertz CT molecular complexity index is 885. The minimum absolute atomic E-state index is 0.0858. The number of nitrogens with one attached hydrogen (secondary N) is 1. The summed E-state index contributed by atoms with van der Waals surface area (Å²) in [5.41, 5.74) is 4.44. The first-order chi connectivity index (χ1) is 11.2. The Hall–Kier alpha value is -2.92. The van der Waals surface area contributed by atoms with E-state index in [2.05, 4.69) is 28.1 Å². The molecule has 0 radical (unpaired) electrons. The first-order valence-corrected chi connectivity index (χ1v) is 7.47. The molecule has 4 rings (SSSR count). The van der Waals surface area contributed by atoms with Crippen LogP contribution in [0, 0.1) is 10.1 Å². The van der Waals surface area contributed by atoms with Crippen LogP contribution in [-0.2, 0) is 6.54 Å². The fourth-order valence-corrected chi connectivity index (χ4v) is 3.17. The fourth-order valence-electron chi connectivity index (χ4n) is 3.17. The van der Waals surface area contributed by atoms with Crippen LogP contribution in [0.4, 0.5) is 5.69 Å². The number of benzene rings is 2. The van der Waals surface area contributed by atoms with Crippen molar-refractivity contribution >= 4 is 5.69 Å². The van der Waals surface area contributed by atoms with Crippen molar-refractivity contribution in [2.24, 2.45) is 0 Å². The van der Waals surface area contributed by atoms with Gasteiger partial charge in [0.05, 0.1) is 11.0 Å². The number of non-ortho nitro benzene ring substituents is 1. The molecule has 1 aromatic heterocycles. The molecule has 2 aromatic carbocycles. The smallest absolute Gasteiger partial charge is 0.269 e. The summed E-state index contributed by atoms with van der Waals surface area (Å²) in [5.74, 6) is 0. The zero-order valence-electron chi connectivity index (χ0n) is 12.3. The number of fused-ring (bicyclic) bond motifs is 3. The lowest BCUT2D eigenvalue weighted by Crippen LogP contribution is -2.21. The molecule has 5 heteroatoms. The predicted octanol–water partition coefficient (Wildman–Crippen LogP) is 3.58. The van der Waals surface area contributed by atoms with E-state index in [4.69, 9.17) is 0 Å². The van der Waals surface area contributed by atoms with Gasteiger partial charge in [-0.2, -0.15) is 0 Å². The molecule has 0 saturated carbocycles. The van der Waals surface area contributed by atoms with Gasteiger partial charge in [0.15, 0.2) is 0 Å². The summed E-state index contributed by atoms with van der Waals surface area (Å²) in [4.78, 5) is 10.7. The average molecular weight is 305 g/mol. The van der Waals surface area contributed by atoms with Crippen molar-refractivity contribution in [3.8, 4) is 5.69 Å². The third-order valence-corrected chi connectivity index (χ3v) is 4.24. The van der Waals surface area contributed by atoms with Crippen LogP contribution in [0.25, 0.3) is 5.69 Å². The van der Waals surface area contributed by atoms with Crippen LogP contribution in [0.1, 0.15) is 22.9 Å². The highest BCUT2D eigenvalue weighted by molar-refractivity contribution is 5.47. The molecule has 1 aliphatic rings. The second kappa shape index (κ2) is 5.37. The van der Waals surface area contributed by atoms with Gasteiger partial charge in [-0.3, -0.25) is 10.1 Å². The number of nitro groups is 1. The SMILES string of the molecule is O=[N+]([O-])c1cccc([C@H]2NCc3ccccc3-n3cccc32)c1. The molecule has 23 heavy (non-hydrogen) atoms. The number of hydrogen-bond donors (Lipinski definition) is 1. The van der Waals surface area contributed by atoms with Crippen LogP contribution in [0.2, 0.25) is 0 Å². The number of rotatable bonds is 2. The topological polar surface area (TPSA) is 60.1 Å². The highest BCUT2D eigenvalue weighted by Crippen LogP contribution is 2.31. The fraction of sp³-hybridized carbons (Fsp3) is 0.111. The lowest BCUT2D eigenvalue weighted by Gasteiger charge is -2.17. The van der Waals surface area contributed by atoms with Gasteiger partial charge in [0.25, 0.3) is 5.69 Å². The van der Waals surface area contributed by atoms with Crippen molar-refractivity contribution in [1.82, 2.24) is 9.88 Å². The Labute approximate surface area is 133 Å². The summed E-state index contributed by atoms with van der Waals surface area (Å²) in [6.45, 7) is 0.714. The maximum Gasteiger partial charge on any atom is 0.269 e. The van der Waals surface area contributed by atoms with E-state index in [-0.39, 0.29) is 16.7 Å². The van der Waals surface area contributed by atoms with Crippen LogP contribution in [0.5, 0.6) is 0 Å². The minimum Gasteiger partial charge on any atom is -0.319 e. The maximum atomic E-state index is 11.1. The Morgan fingerprint density at radius 2 is 1.96 bits per heavy atom. The van der Waals surface area contributed by atoms with Gasteiger partial charge in [-0.1, -0.05) is 30.3 Å². The van der Waals surface area contributed by atoms with Gasteiger partial charge in [0.2, 0.25) is 0 Å². The molecule has 0 fully saturated rings. The molecule has 0 bridgehead atoms. The number of aromatic nitrogens is 1. The molecule has 0 unspecified atom stereocenters. The van der Waals surface area contributed by atoms with Gasteiger partial charge in [0.1, 0.15) is 0 Å². The predicted molar refractivity (Wildman–Crippen MR) is 87.5 cm³/mol. The van der Waals surface area contributed by atoms with Crippen molar-refractivity contribution in [2.45, 2.75) is 12.6 Å². The van der Waals surface area contributed by atoms with Gasteiger partial charge in [0, 0.05) is 36.3 Å². The quantitative estimate of drug-likeness (QED) is 0.581. The molecule has 0 saturated heterocycles. The summed E-state index contributed by atoms with van der Waals surface area (Å²) in [7, 11) is 0. The van der Waals surface area contributed by atoms with Crippen molar-refractivity contribution in [3.63, 3.8) is 0 Å². The third kappa shape index (κ3) is 2.31. The summed E-state index contributed by atoms with van der Waals surface area (Å²) < 4.78 is 2.15. The van der Waals surface area contributed by atoms with E-state index in [1.54, 1.807) is 12.1 Å². The van der Waals surface area contributed by atoms with Crippen LogP contribution in [0.15, 0.2) is 66.9 Å². The Kier molecular flexibility index (Phi) is 3.20. The van der Waals surface area contributed by atoms with E-state index in [1.165, 1.54) is 11.6 Å². The van der Waals surface area contributed by atoms with Gasteiger partial charge in [-0.05, 0) is 29.3 Å². The van der Waals surface area contributed by atoms with Crippen molar-refractivity contribution in [1.29, 1.82) is 0 Å². The number of hydrogen-bond acceptors (Lipinski definition) is 3. The molecular formula is C18H15N3O2. The summed E-state index contributed by atoms with van der Waals surface area (Å²) >= 11 is 0. The molecule has 1 aliphatic heterocycles. The zero-order chi connectivity index (χ0) is 15.8. The van der Waals surface area contributed by atoms with Gasteiger partial charge >= 0.3 is 0 Å². The molecule has 5 nitrogen and oxygen atoms in total. The number of nitrogens with zero attached hydrogens (tertiary/aromatic N) is 2. The second-order valence-electron chi connectivity index (χ2n) is 5.60. The monoisotopic (exact) mass is 305 g/mol. The Morgan fingerprint density at radius 1 is 1.09 bits per heavy atom. The van der Waals surface area contributed by atoms with Crippen molar-refractivity contribution in [2.75, 3.05) is 0 Å². The molecular weight excluding hydrogens is 290 g/mol. The first kappa shape index (κ1) is 13.7. The van der Waals surface area contributed by atoms with Gasteiger partial charge in [-0.25, -0.2) is 0 Å². The van der Waals surface area contributed by atoms with E-state index < -0.39 is 0 Å². The summed E-state index contributed by atoms with van der Waals surface area (Å²) in [6.07, 6.45) is 2.03. The second-order valence-corrected chi connectivity index (χ2v) is 5.60. The number of para-hydroxylation sites is 1. The lowest BCUT2D eigenvalue weighted by atomic mass is 10.0. The Morgan fingerprint density at radius 3 is 2.83 bits per heavy atom. The average Bonchev–Trinajstić information content (AvgIpc) is 2.99. The molecule has 2 heterocycles. The van der Waals surface area contributed by atoms with Gasteiger partial charge < -0.3 is 9.88 Å². The van der Waals surface area contributed by atoms with E-state index in [0.29, 0.717) is 6.54 Å². The summed E-state index contributed by atoms with van der Waals surface area (Å²) in [5, 5.41) is 14.6. The third-order valence-electron chi connectivity index (χ3n) is 4.24. The van der Waals surface area contributed by atoms with E-state index >= 15 is 0 Å². The van der Waals surface area contributed by atoms with Crippen molar-refractivity contribution in [3.05, 3.63) is 93.8 Å². The normalized spacial score (nSPS) is 16.3. The Balaban J connectivity index is 1.84. The van der Waals surface area contributed by atoms with E-state index in [9.17, 15) is 10.1 Å². The highest BCUT2D eigenvalue weighted by atomic mass is 16.6. The van der Waals surface area contributed by atoms with E-state index in [1.807, 2.05) is 30.5 Å². The minimum atomic E-state index is -0.353. The zero-order valence-corrected chi connectivity index (χ0v) is 12.3. The van der Waals surface area contributed by atoms with Gasteiger partial charge in [-0.15, -0.1) is 0 Å². The standard InChI is InChI=1S/C18H15N3O2/c22-21(23)15-7-3-6-13(11-15)18-17-9-4-10-20(17)16-8-2-1-5-14(16)12-19-18/h1-11,18-19H,12H2/t18-/m1/s1. The largest absolute Gasteiger partial charge is 0.319 e. The molecule has 0 aliphatic carbocycles. The summed E-state index contributed by atoms with van der Waals surface area (Å²) in [6, 6.07) is 19.0. The molecule has 3 aromatic rings. The lowest BCUT2D eigenvalue weighted by molar-refractivity contribution is -0.384. The first-order valence-electron chi connectivity index (χ1n) is 7.47. The number of nitro benzene ring substituents is 1. The van der Waals surface area contributed by atoms with Crippen LogP contribution in [-0.4, -0.2) is 9.49 Å².